The molecule has 0 aliphatic heterocycles. The summed E-state index contributed by atoms with van der Waals surface area (Å²) in [5, 5.41) is 6.31. The van der Waals surface area contributed by atoms with Gasteiger partial charge in [0.05, 0.1) is 5.69 Å². The van der Waals surface area contributed by atoms with Gasteiger partial charge in [-0.3, -0.25) is 4.79 Å². The highest BCUT2D eigenvalue weighted by atomic mass is 16.5. The summed E-state index contributed by atoms with van der Waals surface area (Å²) in [5.41, 5.74) is 0.750. The van der Waals surface area contributed by atoms with Crippen LogP contribution < -0.4 is 5.32 Å². The van der Waals surface area contributed by atoms with Gasteiger partial charge >= 0.3 is 5.97 Å². The van der Waals surface area contributed by atoms with Gasteiger partial charge in [-0.1, -0.05) is 18.5 Å². The molecule has 0 aliphatic rings. The van der Waals surface area contributed by atoms with Gasteiger partial charge in [0.1, 0.15) is 11.3 Å². The van der Waals surface area contributed by atoms with Gasteiger partial charge in [-0.05, 0) is 20.3 Å². The largest absolute Gasteiger partial charge is 0.452 e. The molecule has 1 heterocycles. The number of hydrogen-bond donors (Lipinski definition) is 1. The molecule has 0 spiro atoms. The Morgan fingerprint density at radius 2 is 2.11 bits per heavy atom. The van der Waals surface area contributed by atoms with Crippen LogP contribution in [-0.4, -0.2) is 30.2 Å². The Labute approximate surface area is 106 Å². The first-order valence-corrected chi connectivity index (χ1v) is 5.93. The molecule has 1 aromatic rings. The molecular formula is C12H18N2O4. The highest BCUT2D eigenvalue weighted by Crippen LogP contribution is 2.13. The standard InChI is InChI=1S/C12H18N2O4/c1-4-5-6-13-10(15)7-17-12(16)11-8(2)14-18-9(11)3/h4-7H2,1-3H3,(H,13,15). The Morgan fingerprint density at radius 1 is 1.39 bits per heavy atom. The minimum absolute atomic E-state index is 0.285. The predicted octanol–water partition coefficient (Wildman–Crippen LogP) is 1.36. The van der Waals surface area contributed by atoms with Crippen LogP contribution in [-0.2, 0) is 9.53 Å². The molecule has 0 saturated heterocycles. The second kappa shape index (κ2) is 6.78. The van der Waals surface area contributed by atoms with Crippen molar-refractivity contribution in [1.29, 1.82) is 0 Å². The lowest BCUT2D eigenvalue weighted by molar-refractivity contribution is -0.124. The van der Waals surface area contributed by atoms with Crippen molar-refractivity contribution in [2.24, 2.45) is 0 Å². The van der Waals surface area contributed by atoms with Crippen LogP contribution in [0.3, 0.4) is 0 Å². The van der Waals surface area contributed by atoms with Crippen molar-refractivity contribution in [3.8, 4) is 0 Å². The minimum atomic E-state index is -0.586. The number of aromatic nitrogens is 1. The lowest BCUT2D eigenvalue weighted by Gasteiger charge is -2.05. The molecule has 0 bridgehead atoms. The van der Waals surface area contributed by atoms with Gasteiger partial charge < -0.3 is 14.6 Å². The molecule has 0 aromatic carbocycles. The quantitative estimate of drug-likeness (QED) is 0.612. The number of carbonyl (C=O) groups is 2. The molecule has 0 aliphatic carbocycles. The highest BCUT2D eigenvalue weighted by Gasteiger charge is 2.19. The van der Waals surface area contributed by atoms with Crippen molar-refractivity contribution < 1.29 is 18.8 Å². The number of ether oxygens (including phenoxy) is 1. The molecule has 0 fully saturated rings. The maximum atomic E-state index is 11.7. The fraction of sp³-hybridized carbons (Fsp3) is 0.583. The first kappa shape index (κ1) is 14.2. The van der Waals surface area contributed by atoms with Crippen LogP contribution in [0.15, 0.2) is 4.52 Å². The summed E-state index contributed by atoms with van der Waals surface area (Å²) in [4.78, 5) is 23.0. The molecule has 6 heteroatoms. The van der Waals surface area contributed by atoms with Crippen molar-refractivity contribution in [2.45, 2.75) is 33.6 Å². The molecular weight excluding hydrogens is 236 g/mol. The number of amides is 1. The van der Waals surface area contributed by atoms with E-state index in [-0.39, 0.29) is 18.1 Å². The van der Waals surface area contributed by atoms with Crippen LogP contribution in [0, 0.1) is 13.8 Å². The maximum absolute atomic E-state index is 11.7. The summed E-state index contributed by atoms with van der Waals surface area (Å²) in [6.45, 7) is 5.61. The molecule has 100 valence electrons. The number of esters is 1. The highest BCUT2D eigenvalue weighted by molar-refractivity contribution is 5.93. The van der Waals surface area contributed by atoms with Crippen molar-refractivity contribution in [2.75, 3.05) is 13.2 Å². The van der Waals surface area contributed by atoms with E-state index in [1.807, 2.05) is 6.92 Å². The maximum Gasteiger partial charge on any atom is 0.344 e. The van der Waals surface area contributed by atoms with Crippen molar-refractivity contribution in [1.82, 2.24) is 10.5 Å². The molecule has 0 saturated carbocycles. The van der Waals surface area contributed by atoms with E-state index in [0.717, 1.165) is 12.8 Å². The second-order valence-corrected chi connectivity index (χ2v) is 3.98. The zero-order valence-electron chi connectivity index (χ0n) is 10.9. The van der Waals surface area contributed by atoms with Gasteiger partial charge in [0, 0.05) is 6.54 Å². The Hall–Kier alpha value is -1.85. The van der Waals surface area contributed by atoms with Gasteiger partial charge in [-0.2, -0.15) is 0 Å². The van der Waals surface area contributed by atoms with Crippen LogP contribution >= 0.6 is 0 Å². The smallest absolute Gasteiger partial charge is 0.344 e. The molecule has 0 atom stereocenters. The number of aryl methyl sites for hydroxylation is 2. The molecule has 1 rings (SSSR count). The van der Waals surface area contributed by atoms with Crippen molar-refractivity contribution in [3.63, 3.8) is 0 Å². The Morgan fingerprint density at radius 3 is 2.67 bits per heavy atom. The van der Waals surface area contributed by atoms with Gasteiger partial charge in [0.2, 0.25) is 0 Å². The summed E-state index contributed by atoms with van der Waals surface area (Å²) >= 11 is 0. The lowest BCUT2D eigenvalue weighted by Crippen LogP contribution is -2.29. The molecule has 1 N–H and O–H groups in total. The first-order valence-electron chi connectivity index (χ1n) is 5.93. The zero-order chi connectivity index (χ0) is 13.5. The topological polar surface area (TPSA) is 81.4 Å². The fourth-order valence-corrected chi connectivity index (χ4v) is 1.43. The average Bonchev–Trinajstić information content (AvgIpc) is 2.66. The fourth-order valence-electron chi connectivity index (χ4n) is 1.43. The molecule has 0 unspecified atom stereocenters. The first-order chi connectivity index (χ1) is 8.56. The number of hydrogen-bond acceptors (Lipinski definition) is 5. The van der Waals surface area contributed by atoms with E-state index in [1.165, 1.54) is 0 Å². The van der Waals surface area contributed by atoms with Crippen LogP contribution in [0.2, 0.25) is 0 Å². The lowest BCUT2D eigenvalue weighted by atomic mass is 10.2. The van der Waals surface area contributed by atoms with Crippen LogP contribution in [0.1, 0.15) is 41.6 Å². The van der Waals surface area contributed by atoms with E-state index in [9.17, 15) is 9.59 Å². The zero-order valence-corrected chi connectivity index (χ0v) is 10.9. The van der Waals surface area contributed by atoms with E-state index in [4.69, 9.17) is 9.26 Å². The molecule has 18 heavy (non-hydrogen) atoms. The number of unbranched alkanes of at least 4 members (excludes halogenated alkanes) is 1. The monoisotopic (exact) mass is 254 g/mol. The van der Waals surface area contributed by atoms with Crippen LogP contribution in [0.4, 0.5) is 0 Å². The van der Waals surface area contributed by atoms with E-state index in [2.05, 4.69) is 10.5 Å². The normalized spacial score (nSPS) is 10.2. The minimum Gasteiger partial charge on any atom is -0.452 e. The Balaban J connectivity index is 2.40. The Bertz CT molecular complexity index is 406. The van der Waals surface area contributed by atoms with Crippen LogP contribution in [0.5, 0.6) is 0 Å². The third-order valence-electron chi connectivity index (χ3n) is 2.42. The molecule has 1 amide bonds. The number of nitrogens with one attached hydrogen (secondary N) is 1. The third-order valence-corrected chi connectivity index (χ3v) is 2.42. The summed E-state index contributed by atoms with van der Waals surface area (Å²) in [7, 11) is 0. The van der Waals surface area contributed by atoms with Crippen molar-refractivity contribution >= 4 is 11.9 Å². The summed E-state index contributed by atoms with van der Waals surface area (Å²) in [6.07, 6.45) is 1.91. The van der Waals surface area contributed by atoms with Gasteiger partial charge in [-0.15, -0.1) is 0 Å². The molecule has 6 nitrogen and oxygen atoms in total. The van der Waals surface area contributed by atoms with E-state index in [1.54, 1.807) is 13.8 Å². The van der Waals surface area contributed by atoms with Crippen molar-refractivity contribution in [3.05, 3.63) is 17.0 Å². The number of carbonyl (C=O) groups excluding carboxylic acids is 2. The second-order valence-electron chi connectivity index (χ2n) is 3.98. The molecule has 0 radical (unpaired) electrons. The number of nitrogens with zero attached hydrogens (tertiary/aromatic N) is 1. The SMILES string of the molecule is CCCCNC(=O)COC(=O)c1c(C)noc1C. The van der Waals surface area contributed by atoms with Gasteiger partial charge in [-0.25, -0.2) is 4.79 Å². The number of rotatable bonds is 6. The van der Waals surface area contributed by atoms with Gasteiger partial charge in [0.15, 0.2) is 6.61 Å². The third kappa shape index (κ3) is 3.87. The molecule has 1 aromatic heterocycles. The Kier molecular flexibility index (Phi) is 5.35. The van der Waals surface area contributed by atoms with E-state index >= 15 is 0 Å². The summed E-state index contributed by atoms with van der Waals surface area (Å²) in [5.74, 6) is -0.496. The summed E-state index contributed by atoms with van der Waals surface area (Å²) < 4.78 is 9.74. The average molecular weight is 254 g/mol. The van der Waals surface area contributed by atoms with Crippen LogP contribution in [0.25, 0.3) is 0 Å². The predicted molar refractivity (Wildman–Crippen MR) is 64.2 cm³/mol. The van der Waals surface area contributed by atoms with Gasteiger partial charge in [0.25, 0.3) is 5.91 Å². The summed E-state index contributed by atoms with van der Waals surface area (Å²) in [6, 6.07) is 0. The van der Waals surface area contributed by atoms with E-state index < -0.39 is 5.97 Å². The van der Waals surface area contributed by atoms with E-state index in [0.29, 0.717) is 18.0 Å².